The molecular formula is C12H20N4O3. The molecule has 0 bridgehead atoms. The molecule has 19 heavy (non-hydrogen) atoms. The van der Waals surface area contributed by atoms with Crippen molar-refractivity contribution in [2.45, 2.75) is 33.3 Å². The van der Waals surface area contributed by atoms with Crippen LogP contribution in [-0.4, -0.2) is 34.3 Å². The normalized spacial score (nSPS) is 12.0. The predicted octanol–water partition coefficient (Wildman–Crippen LogP) is 0.246. The van der Waals surface area contributed by atoms with E-state index in [1.165, 1.54) is 11.6 Å². The predicted molar refractivity (Wildman–Crippen MR) is 70.6 cm³/mol. The summed E-state index contributed by atoms with van der Waals surface area (Å²) in [6.07, 6.45) is -0.245. The number of rotatable bonds is 5. The van der Waals surface area contributed by atoms with Gasteiger partial charge in [0.2, 0.25) is 0 Å². The van der Waals surface area contributed by atoms with E-state index in [2.05, 4.69) is 10.4 Å². The first-order valence-corrected chi connectivity index (χ1v) is 6.22. The van der Waals surface area contributed by atoms with Crippen molar-refractivity contribution in [1.82, 2.24) is 15.1 Å². The van der Waals surface area contributed by atoms with Crippen LogP contribution in [0.1, 0.15) is 37.0 Å². The van der Waals surface area contributed by atoms with Gasteiger partial charge in [0.25, 0.3) is 5.91 Å². The van der Waals surface area contributed by atoms with Crippen LogP contribution in [0.3, 0.4) is 0 Å². The molecule has 0 fully saturated rings. The Hall–Kier alpha value is -2.05. The summed E-state index contributed by atoms with van der Waals surface area (Å²) in [4.78, 5) is 23.5. The maximum atomic E-state index is 12.0. The Bertz CT molecular complexity index is 482. The lowest BCUT2D eigenvalue weighted by atomic mass is 10.2. The van der Waals surface area contributed by atoms with Gasteiger partial charge in [-0.1, -0.05) is 6.92 Å². The highest BCUT2D eigenvalue weighted by atomic mass is 16.5. The lowest BCUT2D eigenvalue weighted by molar-refractivity contribution is -0.129. The Morgan fingerprint density at radius 1 is 1.47 bits per heavy atom. The van der Waals surface area contributed by atoms with E-state index in [0.29, 0.717) is 24.3 Å². The number of hydrogen-bond acceptors (Lipinski definition) is 5. The van der Waals surface area contributed by atoms with Gasteiger partial charge in [0.15, 0.2) is 11.8 Å². The highest BCUT2D eigenvalue weighted by Crippen LogP contribution is 2.18. The van der Waals surface area contributed by atoms with E-state index < -0.39 is 12.1 Å². The molecule has 1 unspecified atom stereocenters. The summed E-state index contributed by atoms with van der Waals surface area (Å²) in [6, 6.07) is 0. The Morgan fingerprint density at radius 2 is 2.11 bits per heavy atom. The Kier molecular flexibility index (Phi) is 4.91. The van der Waals surface area contributed by atoms with Crippen molar-refractivity contribution in [1.29, 1.82) is 0 Å². The number of hydrogen-bond donors (Lipinski definition) is 2. The summed E-state index contributed by atoms with van der Waals surface area (Å²) in [5, 5.41) is 6.71. The van der Waals surface area contributed by atoms with Crippen LogP contribution < -0.4 is 11.1 Å². The zero-order valence-corrected chi connectivity index (χ0v) is 11.7. The first kappa shape index (κ1) is 15.0. The van der Waals surface area contributed by atoms with Crippen LogP contribution in [0.25, 0.3) is 0 Å². The van der Waals surface area contributed by atoms with Crippen molar-refractivity contribution >= 4 is 17.6 Å². The first-order chi connectivity index (χ1) is 8.92. The lowest BCUT2D eigenvalue weighted by Crippen LogP contribution is -2.36. The molecule has 1 heterocycles. The molecule has 0 aliphatic rings. The maximum absolute atomic E-state index is 12.0. The number of likely N-dealkylation sites (N-methyl/N-ethyl adjacent to an activating group) is 1. The van der Waals surface area contributed by atoms with Gasteiger partial charge >= 0.3 is 5.97 Å². The van der Waals surface area contributed by atoms with Gasteiger partial charge in [-0.05, 0) is 20.3 Å². The number of ether oxygens (including phenoxy) is 1. The van der Waals surface area contributed by atoms with E-state index in [4.69, 9.17) is 10.5 Å². The minimum absolute atomic E-state index is 0.174. The third kappa shape index (κ3) is 3.24. The molecule has 0 aliphatic carbocycles. The maximum Gasteiger partial charge on any atom is 0.359 e. The summed E-state index contributed by atoms with van der Waals surface area (Å²) in [6.45, 7) is 5.68. The molecule has 1 atom stereocenters. The molecule has 0 aromatic carbocycles. The SMILES string of the molecule is CCNC(=O)C(C)OC(=O)c1c(N)c(CC)nn1C. The first-order valence-electron chi connectivity index (χ1n) is 6.22. The monoisotopic (exact) mass is 268 g/mol. The Morgan fingerprint density at radius 3 is 2.58 bits per heavy atom. The van der Waals surface area contributed by atoms with Crippen molar-refractivity contribution in [3.05, 3.63) is 11.4 Å². The fraction of sp³-hybridized carbons (Fsp3) is 0.583. The third-order valence-electron chi connectivity index (χ3n) is 2.69. The second kappa shape index (κ2) is 6.21. The molecule has 1 amide bonds. The van der Waals surface area contributed by atoms with Gasteiger partial charge in [-0.15, -0.1) is 0 Å². The molecule has 0 spiro atoms. The fourth-order valence-corrected chi connectivity index (χ4v) is 1.69. The number of carbonyl (C=O) groups excluding carboxylic acids is 2. The number of anilines is 1. The van der Waals surface area contributed by atoms with Gasteiger partial charge in [-0.2, -0.15) is 5.10 Å². The van der Waals surface area contributed by atoms with Crippen LogP contribution in [-0.2, 0) is 23.0 Å². The van der Waals surface area contributed by atoms with Crippen LogP contribution in [0.5, 0.6) is 0 Å². The number of aryl methyl sites for hydroxylation is 2. The average molecular weight is 268 g/mol. The molecular weight excluding hydrogens is 248 g/mol. The van der Waals surface area contributed by atoms with Gasteiger partial charge in [0, 0.05) is 13.6 Å². The minimum atomic E-state index is -0.869. The molecule has 106 valence electrons. The van der Waals surface area contributed by atoms with E-state index in [-0.39, 0.29) is 11.6 Å². The number of nitrogens with two attached hydrogens (primary N) is 1. The van der Waals surface area contributed by atoms with Crippen LogP contribution >= 0.6 is 0 Å². The quantitative estimate of drug-likeness (QED) is 0.745. The van der Waals surface area contributed by atoms with Crippen molar-refractivity contribution in [2.75, 3.05) is 12.3 Å². The molecule has 1 aromatic heterocycles. The van der Waals surface area contributed by atoms with Crippen molar-refractivity contribution in [3.63, 3.8) is 0 Å². The van der Waals surface area contributed by atoms with Crippen molar-refractivity contribution in [3.8, 4) is 0 Å². The topological polar surface area (TPSA) is 99.2 Å². The third-order valence-corrected chi connectivity index (χ3v) is 2.69. The van der Waals surface area contributed by atoms with Crippen LogP contribution in [0.4, 0.5) is 5.69 Å². The molecule has 1 aromatic rings. The lowest BCUT2D eigenvalue weighted by Gasteiger charge is -2.12. The Labute approximate surface area is 112 Å². The number of nitrogen functional groups attached to an aromatic ring is 1. The molecule has 0 radical (unpaired) electrons. The van der Waals surface area contributed by atoms with E-state index in [9.17, 15) is 9.59 Å². The molecule has 1 rings (SSSR count). The smallest absolute Gasteiger partial charge is 0.359 e. The summed E-state index contributed by atoms with van der Waals surface area (Å²) < 4.78 is 6.45. The highest BCUT2D eigenvalue weighted by molar-refractivity contribution is 5.95. The number of amides is 1. The van der Waals surface area contributed by atoms with Crippen LogP contribution in [0.15, 0.2) is 0 Å². The van der Waals surface area contributed by atoms with E-state index in [1.54, 1.807) is 14.0 Å². The van der Waals surface area contributed by atoms with E-state index >= 15 is 0 Å². The zero-order chi connectivity index (χ0) is 14.6. The average Bonchev–Trinajstić information content (AvgIpc) is 2.64. The molecule has 3 N–H and O–H groups in total. The standard InChI is InChI=1S/C12H20N4O3/c1-5-8-9(13)10(16(4)15-8)12(18)19-7(3)11(17)14-6-2/h7H,5-6,13H2,1-4H3,(H,14,17). The highest BCUT2D eigenvalue weighted by Gasteiger charge is 2.24. The number of carbonyl (C=O) groups is 2. The van der Waals surface area contributed by atoms with Crippen molar-refractivity contribution < 1.29 is 14.3 Å². The summed E-state index contributed by atoms with van der Waals surface area (Å²) in [5.41, 5.74) is 6.96. The molecule has 7 nitrogen and oxygen atoms in total. The van der Waals surface area contributed by atoms with Crippen molar-refractivity contribution in [2.24, 2.45) is 7.05 Å². The zero-order valence-electron chi connectivity index (χ0n) is 11.7. The van der Waals surface area contributed by atoms with E-state index in [0.717, 1.165) is 0 Å². The Balaban J connectivity index is 2.84. The second-order valence-corrected chi connectivity index (χ2v) is 4.13. The second-order valence-electron chi connectivity index (χ2n) is 4.13. The molecule has 7 heteroatoms. The molecule has 0 saturated carbocycles. The summed E-state index contributed by atoms with van der Waals surface area (Å²) in [7, 11) is 1.61. The molecule has 0 saturated heterocycles. The van der Waals surface area contributed by atoms with Crippen LogP contribution in [0.2, 0.25) is 0 Å². The van der Waals surface area contributed by atoms with Gasteiger partial charge < -0.3 is 15.8 Å². The van der Waals surface area contributed by atoms with Gasteiger partial charge in [-0.25, -0.2) is 4.79 Å². The number of esters is 1. The molecule has 0 aliphatic heterocycles. The fourth-order valence-electron chi connectivity index (χ4n) is 1.69. The van der Waals surface area contributed by atoms with Crippen LogP contribution in [0, 0.1) is 0 Å². The van der Waals surface area contributed by atoms with Gasteiger partial charge in [-0.3, -0.25) is 9.48 Å². The van der Waals surface area contributed by atoms with Gasteiger partial charge in [0.05, 0.1) is 11.4 Å². The number of nitrogens with zero attached hydrogens (tertiary/aromatic N) is 2. The number of aromatic nitrogens is 2. The summed E-state index contributed by atoms with van der Waals surface area (Å²) >= 11 is 0. The van der Waals surface area contributed by atoms with E-state index in [1.807, 2.05) is 6.92 Å². The number of nitrogens with one attached hydrogen (secondary N) is 1. The largest absolute Gasteiger partial charge is 0.448 e. The van der Waals surface area contributed by atoms with Gasteiger partial charge in [0.1, 0.15) is 0 Å². The summed E-state index contributed by atoms with van der Waals surface area (Å²) in [5.74, 6) is -0.988. The minimum Gasteiger partial charge on any atom is -0.448 e.